The van der Waals surface area contributed by atoms with Gasteiger partial charge in [0.2, 0.25) is 0 Å². The van der Waals surface area contributed by atoms with Crippen molar-refractivity contribution in [3.63, 3.8) is 0 Å². The van der Waals surface area contributed by atoms with Crippen LogP contribution >= 0.6 is 39.1 Å². The van der Waals surface area contributed by atoms with Crippen molar-refractivity contribution in [1.29, 1.82) is 0 Å². The lowest BCUT2D eigenvalue weighted by Crippen LogP contribution is -1.91. The molecule has 0 amide bonds. The van der Waals surface area contributed by atoms with Crippen LogP contribution in [-0.4, -0.2) is 0 Å². The van der Waals surface area contributed by atoms with Gasteiger partial charge in [-0.15, -0.1) is 0 Å². The van der Waals surface area contributed by atoms with Gasteiger partial charge in [-0.2, -0.15) is 0 Å². The summed E-state index contributed by atoms with van der Waals surface area (Å²) in [5, 5.41) is 1.22. The van der Waals surface area contributed by atoms with Gasteiger partial charge in [0.1, 0.15) is 10.8 Å². The molecule has 94 valence electrons. The Morgan fingerprint density at radius 2 is 1.89 bits per heavy atom. The predicted molar refractivity (Wildman–Crippen MR) is 75.6 cm³/mol. The fourth-order valence-electron chi connectivity index (χ4n) is 1.39. The molecule has 0 aromatic heterocycles. The van der Waals surface area contributed by atoms with Crippen molar-refractivity contribution in [3.05, 3.63) is 57.8 Å². The molecule has 0 aliphatic heterocycles. The van der Waals surface area contributed by atoms with Crippen molar-refractivity contribution < 1.29 is 9.13 Å². The van der Waals surface area contributed by atoms with E-state index in [9.17, 15) is 4.39 Å². The zero-order valence-electron chi connectivity index (χ0n) is 9.09. The molecule has 0 saturated heterocycles. The van der Waals surface area contributed by atoms with Crippen LogP contribution in [0.2, 0.25) is 10.0 Å². The average molecular weight is 350 g/mol. The van der Waals surface area contributed by atoms with Gasteiger partial charge < -0.3 is 4.74 Å². The second-order valence-corrected chi connectivity index (χ2v) is 4.90. The van der Waals surface area contributed by atoms with Gasteiger partial charge in [0.15, 0.2) is 11.6 Å². The summed E-state index contributed by atoms with van der Waals surface area (Å²) >= 11 is 15.1. The molecule has 0 fully saturated rings. The lowest BCUT2D eigenvalue weighted by molar-refractivity contribution is 0.442. The van der Waals surface area contributed by atoms with E-state index in [4.69, 9.17) is 27.9 Å². The third-order valence-electron chi connectivity index (χ3n) is 2.29. The van der Waals surface area contributed by atoms with Gasteiger partial charge >= 0.3 is 0 Å². The summed E-state index contributed by atoms with van der Waals surface area (Å²) in [5.41, 5.74) is 0.831. The summed E-state index contributed by atoms with van der Waals surface area (Å²) in [5.74, 6) is 0.00141. The Bertz CT molecular complexity index is 575. The predicted octanol–water partition coefficient (Wildman–Crippen LogP) is 5.82. The topological polar surface area (TPSA) is 9.23 Å². The van der Waals surface area contributed by atoms with E-state index >= 15 is 0 Å². The van der Waals surface area contributed by atoms with Crippen LogP contribution in [0, 0.1) is 5.82 Å². The van der Waals surface area contributed by atoms with Crippen LogP contribution in [0.5, 0.6) is 11.5 Å². The minimum Gasteiger partial charge on any atom is -0.453 e. The molecule has 5 heteroatoms. The second kappa shape index (κ2) is 5.91. The Kier molecular flexibility index (Phi) is 4.49. The van der Waals surface area contributed by atoms with Gasteiger partial charge in [0, 0.05) is 5.33 Å². The third kappa shape index (κ3) is 2.97. The molecular formula is C13H8BrCl2FO. The maximum atomic E-state index is 13.7. The molecule has 0 unspecified atom stereocenters. The van der Waals surface area contributed by atoms with Crippen LogP contribution in [0.25, 0.3) is 0 Å². The van der Waals surface area contributed by atoms with Crippen LogP contribution < -0.4 is 4.74 Å². The zero-order valence-corrected chi connectivity index (χ0v) is 12.2. The Hall–Kier alpha value is -0.770. The van der Waals surface area contributed by atoms with E-state index in [2.05, 4.69) is 15.9 Å². The number of alkyl halides is 1. The number of halogens is 4. The number of ether oxygens (including phenoxy) is 1. The summed E-state index contributed by atoms with van der Waals surface area (Å²) in [7, 11) is 0. The summed E-state index contributed by atoms with van der Waals surface area (Å²) < 4.78 is 19.1. The van der Waals surface area contributed by atoms with Crippen LogP contribution in [-0.2, 0) is 5.33 Å². The smallest absolute Gasteiger partial charge is 0.166 e. The minimum absolute atomic E-state index is 0.115. The molecule has 0 radical (unpaired) electrons. The summed E-state index contributed by atoms with van der Waals surface area (Å²) in [4.78, 5) is 0. The Balaban J connectivity index is 2.31. The second-order valence-electron chi connectivity index (χ2n) is 3.55. The molecule has 0 N–H and O–H groups in total. The van der Waals surface area contributed by atoms with Crippen LogP contribution in [0.4, 0.5) is 4.39 Å². The maximum Gasteiger partial charge on any atom is 0.166 e. The van der Waals surface area contributed by atoms with E-state index in [0.717, 1.165) is 5.56 Å². The quantitative estimate of drug-likeness (QED) is 0.634. The molecule has 18 heavy (non-hydrogen) atoms. The highest BCUT2D eigenvalue weighted by molar-refractivity contribution is 9.08. The zero-order chi connectivity index (χ0) is 13.1. The third-order valence-corrected chi connectivity index (χ3v) is 3.74. The van der Waals surface area contributed by atoms with E-state index < -0.39 is 5.82 Å². The molecule has 2 rings (SSSR count). The molecule has 0 saturated carbocycles. The number of hydrogen-bond acceptors (Lipinski definition) is 1. The first-order valence-corrected chi connectivity index (χ1v) is 6.96. The lowest BCUT2D eigenvalue weighted by Gasteiger charge is -2.09. The fourth-order valence-corrected chi connectivity index (χ4v) is 2.07. The van der Waals surface area contributed by atoms with Crippen molar-refractivity contribution >= 4 is 39.1 Å². The molecule has 0 bridgehead atoms. The lowest BCUT2D eigenvalue weighted by atomic mass is 10.2. The van der Waals surface area contributed by atoms with Crippen molar-refractivity contribution in [2.45, 2.75) is 5.33 Å². The Labute approximate surface area is 123 Å². The van der Waals surface area contributed by atoms with E-state index in [1.807, 2.05) is 0 Å². The maximum absolute atomic E-state index is 13.7. The van der Waals surface area contributed by atoms with Gasteiger partial charge in [-0.1, -0.05) is 51.3 Å². The highest BCUT2D eigenvalue weighted by Gasteiger charge is 2.10. The van der Waals surface area contributed by atoms with Gasteiger partial charge in [0.25, 0.3) is 0 Å². The van der Waals surface area contributed by atoms with Crippen LogP contribution in [0.15, 0.2) is 36.4 Å². The number of benzene rings is 2. The van der Waals surface area contributed by atoms with Crippen molar-refractivity contribution in [2.75, 3.05) is 0 Å². The van der Waals surface area contributed by atoms with E-state index in [1.54, 1.807) is 30.3 Å². The van der Waals surface area contributed by atoms with Gasteiger partial charge in [-0.05, 0) is 29.8 Å². The van der Waals surface area contributed by atoms with Crippen LogP contribution in [0.1, 0.15) is 5.56 Å². The molecular weight excluding hydrogens is 342 g/mol. The van der Waals surface area contributed by atoms with Crippen LogP contribution in [0.3, 0.4) is 0 Å². The highest BCUT2D eigenvalue weighted by atomic mass is 79.9. The first kappa shape index (κ1) is 13.7. The van der Waals surface area contributed by atoms with E-state index in [-0.39, 0.29) is 10.8 Å². The first-order chi connectivity index (χ1) is 8.61. The number of rotatable bonds is 3. The molecule has 2 aromatic rings. The largest absolute Gasteiger partial charge is 0.453 e. The summed E-state index contributed by atoms with van der Waals surface area (Å²) in [6, 6.07) is 9.69. The normalized spacial score (nSPS) is 10.4. The van der Waals surface area contributed by atoms with E-state index in [1.165, 1.54) is 6.07 Å². The van der Waals surface area contributed by atoms with Crippen molar-refractivity contribution in [1.82, 2.24) is 0 Å². The van der Waals surface area contributed by atoms with Crippen molar-refractivity contribution in [3.8, 4) is 11.5 Å². The Morgan fingerprint density at radius 1 is 1.11 bits per heavy atom. The molecule has 0 spiro atoms. The minimum atomic E-state index is -0.442. The average Bonchev–Trinajstić information content (AvgIpc) is 2.37. The molecule has 1 nitrogen and oxygen atoms in total. The first-order valence-electron chi connectivity index (χ1n) is 5.08. The summed E-state index contributed by atoms with van der Waals surface area (Å²) in [6.45, 7) is 0. The van der Waals surface area contributed by atoms with Gasteiger partial charge in [-0.25, -0.2) is 4.39 Å². The molecule has 0 aliphatic carbocycles. The van der Waals surface area contributed by atoms with E-state index in [0.29, 0.717) is 16.1 Å². The standard InChI is InChI=1S/C13H8BrCl2FO/c14-7-8-4-5-11(10(17)6-8)18-12-3-1-2-9(15)13(12)16/h1-6H,7H2. The SMILES string of the molecule is Fc1cc(CBr)ccc1Oc1cccc(Cl)c1Cl. The molecule has 0 heterocycles. The monoisotopic (exact) mass is 348 g/mol. The molecule has 0 atom stereocenters. The van der Waals surface area contributed by atoms with Gasteiger partial charge in [0.05, 0.1) is 5.02 Å². The Morgan fingerprint density at radius 3 is 2.56 bits per heavy atom. The molecule has 2 aromatic carbocycles. The van der Waals surface area contributed by atoms with Gasteiger partial charge in [-0.3, -0.25) is 0 Å². The molecule has 0 aliphatic rings. The summed E-state index contributed by atoms with van der Waals surface area (Å²) in [6.07, 6.45) is 0. The highest BCUT2D eigenvalue weighted by Crippen LogP contribution is 2.35. The fraction of sp³-hybridized carbons (Fsp3) is 0.0769. The number of hydrogen-bond donors (Lipinski definition) is 0. The van der Waals surface area contributed by atoms with Crippen molar-refractivity contribution in [2.24, 2.45) is 0 Å².